The topological polar surface area (TPSA) is 51.0 Å². The van der Waals surface area contributed by atoms with E-state index in [0.717, 1.165) is 37.0 Å². The van der Waals surface area contributed by atoms with Crippen molar-refractivity contribution in [3.8, 4) is 0 Å². The van der Waals surface area contributed by atoms with Gasteiger partial charge in [0.1, 0.15) is 0 Å². The Morgan fingerprint density at radius 1 is 1.50 bits per heavy atom. The van der Waals surface area contributed by atoms with Gasteiger partial charge in [0.05, 0.1) is 11.7 Å². The van der Waals surface area contributed by atoms with Gasteiger partial charge in [-0.1, -0.05) is 25.9 Å². The van der Waals surface area contributed by atoms with E-state index >= 15 is 0 Å². The van der Waals surface area contributed by atoms with Crippen LogP contribution in [-0.4, -0.2) is 28.0 Å². The molecule has 0 aliphatic carbocycles. The van der Waals surface area contributed by atoms with E-state index < -0.39 is 0 Å². The molecule has 0 saturated carbocycles. The number of rotatable bonds is 3. The van der Waals surface area contributed by atoms with Crippen LogP contribution in [0.2, 0.25) is 0 Å². The molecule has 1 fully saturated rings. The number of nitrogens with zero attached hydrogens (tertiary/aromatic N) is 2. The Morgan fingerprint density at radius 3 is 2.94 bits per heavy atom. The van der Waals surface area contributed by atoms with E-state index in [4.69, 9.17) is 4.52 Å². The Kier molecular flexibility index (Phi) is 3.54. The third kappa shape index (κ3) is 3.22. The van der Waals surface area contributed by atoms with E-state index in [1.54, 1.807) is 0 Å². The average Bonchev–Trinajstić information content (AvgIpc) is 2.84. The van der Waals surface area contributed by atoms with Gasteiger partial charge in [-0.15, -0.1) is 11.8 Å². The SMILES string of the molecule is CC(C)(C)SCc1noc(C2CCNC2)n1. The van der Waals surface area contributed by atoms with Gasteiger partial charge in [0.25, 0.3) is 0 Å². The summed E-state index contributed by atoms with van der Waals surface area (Å²) in [4.78, 5) is 4.46. The van der Waals surface area contributed by atoms with Crippen LogP contribution in [0.15, 0.2) is 4.52 Å². The summed E-state index contributed by atoms with van der Waals surface area (Å²) < 4.78 is 5.55. The zero-order chi connectivity index (χ0) is 11.6. The van der Waals surface area contributed by atoms with Gasteiger partial charge in [-0.25, -0.2) is 0 Å². The molecule has 0 radical (unpaired) electrons. The molecule has 1 aliphatic heterocycles. The summed E-state index contributed by atoms with van der Waals surface area (Å²) in [5.74, 6) is 2.87. The van der Waals surface area contributed by atoms with E-state index in [1.165, 1.54) is 0 Å². The van der Waals surface area contributed by atoms with Gasteiger partial charge in [-0.05, 0) is 13.0 Å². The fourth-order valence-corrected chi connectivity index (χ4v) is 2.32. The van der Waals surface area contributed by atoms with Gasteiger partial charge in [-0.3, -0.25) is 0 Å². The van der Waals surface area contributed by atoms with Crippen molar-refractivity contribution in [2.24, 2.45) is 0 Å². The lowest BCUT2D eigenvalue weighted by molar-refractivity contribution is 0.355. The number of nitrogens with one attached hydrogen (secondary N) is 1. The molecule has 1 N–H and O–H groups in total. The summed E-state index contributed by atoms with van der Waals surface area (Å²) >= 11 is 1.84. The van der Waals surface area contributed by atoms with Crippen molar-refractivity contribution in [3.63, 3.8) is 0 Å². The first-order valence-electron chi connectivity index (χ1n) is 5.72. The van der Waals surface area contributed by atoms with Gasteiger partial charge in [-0.2, -0.15) is 4.98 Å². The molecule has 16 heavy (non-hydrogen) atoms. The lowest BCUT2D eigenvalue weighted by atomic mass is 10.1. The van der Waals surface area contributed by atoms with E-state index in [2.05, 4.69) is 36.2 Å². The Labute approximate surface area is 101 Å². The lowest BCUT2D eigenvalue weighted by Gasteiger charge is -2.15. The van der Waals surface area contributed by atoms with E-state index in [-0.39, 0.29) is 4.75 Å². The second-order valence-electron chi connectivity index (χ2n) is 5.14. The summed E-state index contributed by atoms with van der Waals surface area (Å²) in [5.41, 5.74) is 0. The smallest absolute Gasteiger partial charge is 0.231 e. The van der Waals surface area contributed by atoms with Gasteiger partial charge in [0.15, 0.2) is 5.82 Å². The molecule has 0 amide bonds. The molecular formula is C11H19N3OS. The Morgan fingerprint density at radius 2 is 2.31 bits per heavy atom. The van der Waals surface area contributed by atoms with Crippen molar-refractivity contribution in [1.29, 1.82) is 0 Å². The fourth-order valence-electron chi connectivity index (χ4n) is 1.64. The molecule has 5 heteroatoms. The predicted octanol–water partition coefficient (Wildman–Crippen LogP) is 2.18. The first-order valence-corrected chi connectivity index (χ1v) is 6.70. The van der Waals surface area contributed by atoms with Gasteiger partial charge in [0.2, 0.25) is 5.89 Å². The van der Waals surface area contributed by atoms with Crippen LogP contribution in [-0.2, 0) is 5.75 Å². The maximum absolute atomic E-state index is 5.30. The summed E-state index contributed by atoms with van der Waals surface area (Å²) in [6, 6.07) is 0. The largest absolute Gasteiger partial charge is 0.339 e. The Balaban J connectivity index is 1.91. The van der Waals surface area contributed by atoms with Gasteiger partial charge < -0.3 is 9.84 Å². The Bertz CT molecular complexity index is 339. The highest BCUT2D eigenvalue weighted by molar-refractivity contribution is 7.99. The average molecular weight is 241 g/mol. The maximum Gasteiger partial charge on any atom is 0.231 e. The standard InChI is InChI=1S/C11H19N3OS/c1-11(2,3)16-7-9-13-10(15-14-9)8-4-5-12-6-8/h8,12H,4-7H2,1-3H3. The molecule has 1 atom stereocenters. The molecule has 1 saturated heterocycles. The summed E-state index contributed by atoms with van der Waals surface area (Å²) in [5, 5.41) is 7.33. The third-order valence-electron chi connectivity index (χ3n) is 2.53. The molecule has 1 aromatic rings. The van der Waals surface area contributed by atoms with Crippen LogP contribution in [0.4, 0.5) is 0 Å². The lowest BCUT2D eigenvalue weighted by Crippen LogP contribution is -2.09. The van der Waals surface area contributed by atoms with Crippen molar-refractivity contribution in [2.75, 3.05) is 13.1 Å². The van der Waals surface area contributed by atoms with Crippen LogP contribution >= 0.6 is 11.8 Å². The van der Waals surface area contributed by atoms with Crippen molar-refractivity contribution in [2.45, 2.75) is 43.6 Å². The molecular weight excluding hydrogens is 222 g/mol. The van der Waals surface area contributed by atoms with Crippen molar-refractivity contribution in [1.82, 2.24) is 15.5 Å². The predicted molar refractivity (Wildman–Crippen MR) is 65.6 cm³/mol. The molecule has 4 nitrogen and oxygen atoms in total. The van der Waals surface area contributed by atoms with E-state index in [0.29, 0.717) is 5.92 Å². The molecule has 1 aromatic heterocycles. The first-order chi connectivity index (χ1) is 7.54. The van der Waals surface area contributed by atoms with Crippen LogP contribution in [0, 0.1) is 0 Å². The summed E-state index contributed by atoms with van der Waals surface area (Å²) in [6.45, 7) is 8.60. The van der Waals surface area contributed by atoms with E-state index in [1.807, 2.05) is 11.8 Å². The molecule has 1 unspecified atom stereocenters. The highest BCUT2D eigenvalue weighted by Crippen LogP contribution is 2.27. The molecule has 0 bridgehead atoms. The summed E-state index contributed by atoms with van der Waals surface area (Å²) in [6.07, 6.45) is 1.11. The molecule has 2 rings (SSSR count). The molecule has 1 aliphatic rings. The minimum Gasteiger partial charge on any atom is -0.339 e. The van der Waals surface area contributed by atoms with Crippen molar-refractivity contribution >= 4 is 11.8 Å². The van der Waals surface area contributed by atoms with Gasteiger partial charge in [0, 0.05) is 11.3 Å². The second kappa shape index (κ2) is 4.75. The molecule has 90 valence electrons. The highest BCUT2D eigenvalue weighted by Gasteiger charge is 2.23. The third-order valence-corrected chi connectivity index (χ3v) is 3.80. The van der Waals surface area contributed by atoms with Crippen molar-refractivity contribution in [3.05, 3.63) is 11.7 Å². The minimum atomic E-state index is 0.246. The first kappa shape index (κ1) is 11.9. The fraction of sp³-hybridized carbons (Fsp3) is 0.818. The normalized spacial score (nSPS) is 21.6. The van der Waals surface area contributed by atoms with E-state index in [9.17, 15) is 0 Å². The van der Waals surface area contributed by atoms with Crippen LogP contribution in [0.1, 0.15) is 44.8 Å². The molecule has 0 aromatic carbocycles. The Hall–Kier alpha value is -0.550. The zero-order valence-electron chi connectivity index (χ0n) is 10.1. The van der Waals surface area contributed by atoms with Crippen molar-refractivity contribution < 1.29 is 4.52 Å². The number of hydrogen-bond acceptors (Lipinski definition) is 5. The monoisotopic (exact) mass is 241 g/mol. The minimum absolute atomic E-state index is 0.246. The number of aromatic nitrogens is 2. The number of hydrogen-bond donors (Lipinski definition) is 1. The van der Waals surface area contributed by atoms with Crippen LogP contribution in [0.5, 0.6) is 0 Å². The van der Waals surface area contributed by atoms with Gasteiger partial charge >= 0.3 is 0 Å². The zero-order valence-corrected chi connectivity index (χ0v) is 10.9. The highest BCUT2D eigenvalue weighted by atomic mass is 32.2. The van der Waals surface area contributed by atoms with Crippen LogP contribution in [0.25, 0.3) is 0 Å². The molecule has 2 heterocycles. The van der Waals surface area contributed by atoms with Crippen LogP contribution < -0.4 is 5.32 Å². The second-order valence-corrected chi connectivity index (χ2v) is 6.94. The number of thioether (sulfide) groups is 1. The molecule has 0 spiro atoms. The maximum atomic E-state index is 5.30. The summed E-state index contributed by atoms with van der Waals surface area (Å²) in [7, 11) is 0. The van der Waals surface area contributed by atoms with Crippen LogP contribution in [0.3, 0.4) is 0 Å². The quantitative estimate of drug-likeness (QED) is 0.879.